The number of rotatable bonds is 3. The summed E-state index contributed by atoms with van der Waals surface area (Å²) in [7, 11) is 1.30. The van der Waals surface area contributed by atoms with Crippen molar-refractivity contribution in [2.24, 2.45) is 0 Å². The molecule has 6 nitrogen and oxygen atoms in total. The van der Waals surface area contributed by atoms with Crippen LogP contribution in [0.25, 0.3) is 0 Å². The van der Waals surface area contributed by atoms with Gasteiger partial charge in [-0.1, -0.05) is 11.6 Å². The molecule has 0 saturated carbocycles. The van der Waals surface area contributed by atoms with Crippen molar-refractivity contribution in [3.8, 4) is 11.5 Å². The molecule has 0 aliphatic carbocycles. The monoisotopic (exact) mass is 353 g/mol. The van der Waals surface area contributed by atoms with Gasteiger partial charge in [0.1, 0.15) is 18.1 Å². The van der Waals surface area contributed by atoms with Crippen LogP contribution >= 0.6 is 22.9 Å². The van der Waals surface area contributed by atoms with E-state index in [9.17, 15) is 9.59 Å². The lowest BCUT2D eigenvalue weighted by molar-refractivity contribution is 0.0606. The average molecular weight is 354 g/mol. The van der Waals surface area contributed by atoms with E-state index < -0.39 is 5.97 Å². The van der Waals surface area contributed by atoms with E-state index >= 15 is 0 Å². The minimum Gasteiger partial charge on any atom is -0.486 e. The number of halogens is 1. The van der Waals surface area contributed by atoms with Gasteiger partial charge in [-0.3, -0.25) is 4.79 Å². The molecule has 0 fully saturated rings. The molecule has 8 heteroatoms. The van der Waals surface area contributed by atoms with E-state index in [2.05, 4.69) is 10.1 Å². The molecule has 23 heavy (non-hydrogen) atoms. The van der Waals surface area contributed by atoms with Gasteiger partial charge >= 0.3 is 5.97 Å². The van der Waals surface area contributed by atoms with Crippen LogP contribution in [0, 0.1) is 0 Å². The van der Waals surface area contributed by atoms with Gasteiger partial charge in [-0.05, 0) is 24.3 Å². The molecule has 0 spiro atoms. The molecular formula is C15H12ClNO5S. The third-order valence-electron chi connectivity index (χ3n) is 3.09. The lowest BCUT2D eigenvalue weighted by Gasteiger charge is -2.20. The van der Waals surface area contributed by atoms with Crippen molar-refractivity contribution in [3.63, 3.8) is 0 Å². The molecule has 0 unspecified atom stereocenters. The van der Waals surface area contributed by atoms with Crippen LogP contribution < -0.4 is 14.8 Å². The first kappa shape index (κ1) is 15.6. The fourth-order valence-electron chi connectivity index (χ4n) is 2.04. The third-order valence-corrected chi connectivity index (χ3v) is 4.35. The highest BCUT2D eigenvalue weighted by Crippen LogP contribution is 2.38. The number of carbonyl (C=O) groups excluding carboxylic acids is 2. The predicted molar refractivity (Wildman–Crippen MR) is 86.1 cm³/mol. The molecular weight excluding hydrogens is 342 g/mol. The van der Waals surface area contributed by atoms with Gasteiger partial charge in [0, 0.05) is 5.56 Å². The maximum absolute atomic E-state index is 12.3. The Morgan fingerprint density at radius 3 is 2.83 bits per heavy atom. The van der Waals surface area contributed by atoms with Crippen molar-refractivity contribution in [2.75, 3.05) is 25.6 Å². The quantitative estimate of drug-likeness (QED) is 0.858. The zero-order chi connectivity index (χ0) is 16.4. The minimum absolute atomic E-state index is 0.314. The van der Waals surface area contributed by atoms with Crippen molar-refractivity contribution in [1.82, 2.24) is 0 Å². The summed E-state index contributed by atoms with van der Waals surface area (Å²) >= 11 is 7.24. The topological polar surface area (TPSA) is 73.9 Å². The smallest absolute Gasteiger partial charge is 0.348 e. The molecule has 120 valence electrons. The SMILES string of the molecule is COC(=O)c1ccc(NC(=O)c2cc(Cl)c3c(c2)OCCO3)s1. The van der Waals surface area contributed by atoms with Crippen molar-refractivity contribution in [1.29, 1.82) is 0 Å². The van der Waals surface area contributed by atoms with Gasteiger partial charge in [-0.15, -0.1) is 11.3 Å². The summed E-state index contributed by atoms with van der Waals surface area (Å²) in [4.78, 5) is 24.1. The van der Waals surface area contributed by atoms with E-state index in [1.54, 1.807) is 18.2 Å². The van der Waals surface area contributed by atoms with Gasteiger partial charge in [0.05, 0.1) is 17.1 Å². The number of anilines is 1. The molecule has 3 rings (SSSR count). The maximum Gasteiger partial charge on any atom is 0.348 e. The Morgan fingerprint density at radius 1 is 1.26 bits per heavy atom. The highest BCUT2D eigenvalue weighted by Gasteiger charge is 2.20. The molecule has 2 aromatic rings. The first-order valence-corrected chi connectivity index (χ1v) is 7.86. The Kier molecular flexibility index (Phi) is 4.40. The van der Waals surface area contributed by atoms with E-state index in [0.717, 1.165) is 11.3 Å². The normalized spacial score (nSPS) is 12.6. The molecule has 0 radical (unpaired) electrons. The number of thiophene rings is 1. The Balaban J connectivity index is 1.79. The lowest BCUT2D eigenvalue weighted by Crippen LogP contribution is -2.17. The van der Waals surface area contributed by atoms with Crippen molar-refractivity contribution in [3.05, 3.63) is 39.7 Å². The standard InChI is InChI=1S/C15H12ClNO5S/c1-20-15(19)11-2-3-12(23-11)17-14(18)8-6-9(16)13-10(7-8)21-4-5-22-13/h2-3,6-7H,4-5H2,1H3,(H,17,18). The molecule has 0 atom stereocenters. The van der Waals surface area contributed by atoms with Crippen LogP contribution in [0.5, 0.6) is 11.5 Å². The number of hydrogen-bond donors (Lipinski definition) is 1. The zero-order valence-electron chi connectivity index (χ0n) is 12.1. The first-order valence-electron chi connectivity index (χ1n) is 6.67. The fourth-order valence-corrected chi connectivity index (χ4v) is 3.13. The lowest BCUT2D eigenvalue weighted by atomic mass is 10.2. The zero-order valence-corrected chi connectivity index (χ0v) is 13.6. The number of amides is 1. The molecule has 1 amide bonds. The Labute approximate surface area is 140 Å². The van der Waals surface area contributed by atoms with Gasteiger partial charge in [0.2, 0.25) is 0 Å². The minimum atomic E-state index is -0.446. The van der Waals surface area contributed by atoms with E-state index in [1.807, 2.05) is 0 Å². The second kappa shape index (κ2) is 6.47. The molecule has 1 aromatic carbocycles. The maximum atomic E-state index is 12.3. The summed E-state index contributed by atoms with van der Waals surface area (Å²) in [6.45, 7) is 0.825. The van der Waals surface area contributed by atoms with Crippen molar-refractivity contribution in [2.45, 2.75) is 0 Å². The highest BCUT2D eigenvalue weighted by atomic mass is 35.5. The van der Waals surface area contributed by atoms with Crippen LogP contribution in [-0.4, -0.2) is 32.2 Å². The first-order chi connectivity index (χ1) is 11.1. The molecule has 2 heterocycles. The van der Waals surface area contributed by atoms with Crippen LogP contribution in [0.4, 0.5) is 5.00 Å². The fraction of sp³-hybridized carbons (Fsp3) is 0.200. The second-order valence-electron chi connectivity index (χ2n) is 4.59. The Bertz CT molecular complexity index is 773. The van der Waals surface area contributed by atoms with Gasteiger partial charge in [-0.2, -0.15) is 0 Å². The van der Waals surface area contributed by atoms with E-state index in [4.69, 9.17) is 21.1 Å². The van der Waals surface area contributed by atoms with Gasteiger partial charge in [0.15, 0.2) is 11.5 Å². The van der Waals surface area contributed by atoms with Crippen LogP contribution in [-0.2, 0) is 4.74 Å². The highest BCUT2D eigenvalue weighted by molar-refractivity contribution is 7.18. The summed E-state index contributed by atoms with van der Waals surface area (Å²) in [5, 5.41) is 3.55. The summed E-state index contributed by atoms with van der Waals surface area (Å²) < 4.78 is 15.5. The van der Waals surface area contributed by atoms with E-state index in [1.165, 1.54) is 13.2 Å². The van der Waals surface area contributed by atoms with Crippen molar-refractivity contribution >= 4 is 39.8 Å². The summed E-state index contributed by atoms with van der Waals surface area (Å²) in [6.07, 6.45) is 0. The number of benzene rings is 1. The molecule has 0 bridgehead atoms. The Morgan fingerprint density at radius 2 is 2.04 bits per heavy atom. The van der Waals surface area contributed by atoms with Gasteiger partial charge in [0.25, 0.3) is 5.91 Å². The van der Waals surface area contributed by atoms with Crippen LogP contribution in [0.15, 0.2) is 24.3 Å². The van der Waals surface area contributed by atoms with Crippen molar-refractivity contribution < 1.29 is 23.8 Å². The number of esters is 1. The molecule has 1 N–H and O–H groups in total. The van der Waals surface area contributed by atoms with Crippen LogP contribution in [0.2, 0.25) is 5.02 Å². The molecule has 0 saturated heterocycles. The molecule has 1 aliphatic heterocycles. The molecule has 1 aliphatic rings. The van der Waals surface area contributed by atoms with Crippen LogP contribution in [0.1, 0.15) is 20.0 Å². The van der Waals surface area contributed by atoms with E-state index in [0.29, 0.717) is 45.2 Å². The number of hydrogen-bond acceptors (Lipinski definition) is 6. The number of carbonyl (C=O) groups is 2. The summed E-state index contributed by atoms with van der Waals surface area (Å²) in [5.41, 5.74) is 0.340. The largest absolute Gasteiger partial charge is 0.486 e. The van der Waals surface area contributed by atoms with E-state index in [-0.39, 0.29) is 5.91 Å². The Hall–Kier alpha value is -2.25. The summed E-state index contributed by atoms with van der Waals surface area (Å²) in [6, 6.07) is 6.31. The number of ether oxygens (including phenoxy) is 3. The number of fused-ring (bicyclic) bond motifs is 1. The number of methoxy groups -OCH3 is 1. The summed E-state index contributed by atoms with van der Waals surface area (Å²) in [5.74, 6) is 0.0777. The third kappa shape index (κ3) is 3.25. The molecule has 1 aromatic heterocycles. The second-order valence-corrected chi connectivity index (χ2v) is 6.08. The predicted octanol–water partition coefficient (Wildman–Crippen LogP) is 3.21. The van der Waals surface area contributed by atoms with Crippen LogP contribution in [0.3, 0.4) is 0 Å². The number of nitrogens with one attached hydrogen (secondary N) is 1. The average Bonchev–Trinajstić information content (AvgIpc) is 3.02. The van der Waals surface area contributed by atoms with Gasteiger partial charge in [-0.25, -0.2) is 4.79 Å². The van der Waals surface area contributed by atoms with Gasteiger partial charge < -0.3 is 19.5 Å².